The van der Waals surface area contributed by atoms with E-state index in [2.05, 4.69) is 20.0 Å². The third kappa shape index (κ3) is 5.79. The summed E-state index contributed by atoms with van der Waals surface area (Å²) >= 11 is 6.71. The van der Waals surface area contributed by atoms with Crippen molar-refractivity contribution in [1.82, 2.24) is 9.88 Å². The van der Waals surface area contributed by atoms with Gasteiger partial charge in [-0.05, 0) is 31.9 Å². The summed E-state index contributed by atoms with van der Waals surface area (Å²) in [5.74, 6) is -0.122. The normalized spacial score (nSPS) is 21.6. The highest BCUT2D eigenvalue weighted by Gasteiger charge is 2.41. The highest BCUT2D eigenvalue weighted by atomic mass is 35.5. The Bertz CT molecular complexity index is 1110. The Morgan fingerprint density at radius 3 is 2.66 bits per heavy atom. The van der Waals surface area contributed by atoms with E-state index in [4.69, 9.17) is 22.1 Å². The molecule has 4 rings (SSSR count). The second-order valence-corrected chi connectivity index (χ2v) is 8.99. The molecule has 3 heterocycles. The van der Waals surface area contributed by atoms with Crippen LogP contribution in [0, 0.1) is 0 Å². The predicted molar refractivity (Wildman–Crippen MR) is 125 cm³/mol. The molecule has 0 aliphatic carbocycles. The number of pyridine rings is 1. The standard InChI is InChI=1S/C23H25ClF3N5O3/c1-22(11-19(33)32(21(28)31-22)15-7-9-34-10-8-15)16-3-2-4-17(20(16)24)30-14-5-6-18(29-12-14)35-13-23(25,26)27/h2-6,12,15,30H,7-11,13H2,1H3,(H2,28,31)/t22-/m0/s1. The molecule has 1 amide bonds. The van der Waals surface area contributed by atoms with Crippen LogP contribution in [0.4, 0.5) is 24.5 Å². The van der Waals surface area contributed by atoms with Gasteiger partial charge in [-0.1, -0.05) is 23.7 Å². The highest BCUT2D eigenvalue weighted by molar-refractivity contribution is 6.34. The van der Waals surface area contributed by atoms with Crippen LogP contribution in [0.3, 0.4) is 0 Å². The van der Waals surface area contributed by atoms with Gasteiger partial charge in [-0.3, -0.25) is 9.69 Å². The van der Waals surface area contributed by atoms with Crippen LogP contribution in [0.5, 0.6) is 5.88 Å². The molecule has 0 saturated carbocycles. The maximum Gasteiger partial charge on any atom is 0.422 e. The van der Waals surface area contributed by atoms with Crippen LogP contribution >= 0.6 is 11.6 Å². The SMILES string of the molecule is C[C@@]1(c2cccc(Nc3ccc(OCC(F)(F)F)nc3)c2Cl)CC(=O)N(C2CCOCC2)C(N)=N1. The lowest BCUT2D eigenvalue weighted by atomic mass is 9.86. The van der Waals surface area contributed by atoms with Crippen LogP contribution in [0.15, 0.2) is 41.5 Å². The van der Waals surface area contributed by atoms with Gasteiger partial charge in [-0.15, -0.1) is 0 Å². The van der Waals surface area contributed by atoms with E-state index in [1.54, 1.807) is 30.0 Å². The Labute approximate surface area is 205 Å². The molecule has 8 nitrogen and oxygen atoms in total. The number of aromatic nitrogens is 1. The summed E-state index contributed by atoms with van der Waals surface area (Å²) < 4.78 is 46.9. The molecule has 1 aromatic heterocycles. The van der Waals surface area contributed by atoms with Crippen molar-refractivity contribution in [2.45, 2.75) is 43.9 Å². The third-order valence-corrected chi connectivity index (χ3v) is 6.31. The van der Waals surface area contributed by atoms with Crippen molar-refractivity contribution >= 4 is 34.8 Å². The van der Waals surface area contributed by atoms with Gasteiger partial charge in [0.05, 0.1) is 34.6 Å². The zero-order valence-electron chi connectivity index (χ0n) is 18.9. The molecule has 0 spiro atoms. The average Bonchev–Trinajstić information content (AvgIpc) is 2.79. The zero-order valence-corrected chi connectivity index (χ0v) is 19.7. The van der Waals surface area contributed by atoms with E-state index in [0.717, 1.165) is 0 Å². The van der Waals surface area contributed by atoms with Gasteiger partial charge in [-0.2, -0.15) is 13.2 Å². The van der Waals surface area contributed by atoms with Gasteiger partial charge in [0.1, 0.15) is 0 Å². The molecule has 12 heteroatoms. The summed E-state index contributed by atoms with van der Waals surface area (Å²) in [7, 11) is 0. The van der Waals surface area contributed by atoms with Crippen molar-refractivity contribution in [3.63, 3.8) is 0 Å². The van der Waals surface area contributed by atoms with E-state index in [9.17, 15) is 18.0 Å². The van der Waals surface area contributed by atoms with Gasteiger partial charge in [0, 0.05) is 30.9 Å². The van der Waals surface area contributed by atoms with Crippen LogP contribution in [0.1, 0.15) is 31.7 Å². The number of carbonyl (C=O) groups is 1. The molecule has 1 atom stereocenters. The summed E-state index contributed by atoms with van der Waals surface area (Å²) in [5.41, 5.74) is 6.91. The fourth-order valence-corrected chi connectivity index (χ4v) is 4.62. The minimum absolute atomic E-state index is 0.0383. The second kappa shape index (κ2) is 9.90. The quantitative estimate of drug-likeness (QED) is 0.597. The molecule has 0 bridgehead atoms. The first-order valence-electron chi connectivity index (χ1n) is 11.0. The summed E-state index contributed by atoms with van der Waals surface area (Å²) in [6, 6.07) is 8.09. The van der Waals surface area contributed by atoms with Gasteiger partial charge in [0.25, 0.3) is 0 Å². The smallest absolute Gasteiger partial charge is 0.422 e. The molecule has 0 unspecified atom stereocenters. The number of nitrogens with two attached hydrogens (primary N) is 1. The number of ether oxygens (including phenoxy) is 2. The summed E-state index contributed by atoms with van der Waals surface area (Å²) in [6.45, 7) is 1.53. The number of nitrogens with zero attached hydrogens (tertiary/aromatic N) is 3. The highest BCUT2D eigenvalue weighted by Crippen LogP contribution is 2.41. The van der Waals surface area contributed by atoms with Crippen molar-refractivity contribution in [1.29, 1.82) is 0 Å². The van der Waals surface area contributed by atoms with Crippen LogP contribution in [0.25, 0.3) is 0 Å². The van der Waals surface area contributed by atoms with E-state index in [1.807, 2.05) is 0 Å². The van der Waals surface area contributed by atoms with Crippen LogP contribution < -0.4 is 15.8 Å². The summed E-state index contributed by atoms with van der Waals surface area (Å²) in [4.78, 5) is 23.2. The fraction of sp³-hybridized carbons (Fsp3) is 0.435. The number of carbonyl (C=O) groups excluding carboxylic acids is 1. The average molecular weight is 512 g/mol. The van der Waals surface area contributed by atoms with Crippen molar-refractivity contribution in [3.05, 3.63) is 47.1 Å². The molecular weight excluding hydrogens is 487 g/mol. The predicted octanol–water partition coefficient (Wildman–Crippen LogP) is 4.36. The number of guanidine groups is 1. The number of nitrogens with one attached hydrogen (secondary N) is 1. The molecule has 1 saturated heterocycles. The van der Waals surface area contributed by atoms with E-state index in [1.165, 1.54) is 18.3 Å². The summed E-state index contributed by atoms with van der Waals surface area (Å²) in [6.07, 6.45) is -1.61. The number of benzene rings is 1. The Kier molecular flexibility index (Phi) is 7.09. The van der Waals surface area contributed by atoms with E-state index in [0.29, 0.717) is 48.0 Å². The first kappa shape index (κ1) is 25.1. The van der Waals surface area contributed by atoms with Gasteiger partial charge in [0.15, 0.2) is 12.6 Å². The van der Waals surface area contributed by atoms with Crippen LogP contribution in [0.2, 0.25) is 5.02 Å². The Hall–Kier alpha value is -3.05. The number of hydrogen-bond donors (Lipinski definition) is 2. The van der Waals surface area contributed by atoms with E-state index >= 15 is 0 Å². The van der Waals surface area contributed by atoms with Crippen molar-refractivity contribution in [3.8, 4) is 5.88 Å². The van der Waals surface area contributed by atoms with Gasteiger partial charge < -0.3 is 20.5 Å². The number of alkyl halides is 3. The van der Waals surface area contributed by atoms with Gasteiger partial charge in [-0.25, -0.2) is 9.98 Å². The molecule has 2 aliphatic heterocycles. The maximum absolute atomic E-state index is 13.1. The first-order chi connectivity index (χ1) is 16.6. The Morgan fingerprint density at radius 1 is 1.29 bits per heavy atom. The lowest BCUT2D eigenvalue weighted by molar-refractivity contribution is -0.154. The summed E-state index contributed by atoms with van der Waals surface area (Å²) in [5, 5.41) is 3.43. The molecule has 1 aromatic carbocycles. The number of anilines is 2. The number of aliphatic imine (C=N–C) groups is 1. The number of rotatable bonds is 6. The molecule has 188 valence electrons. The molecule has 2 aromatic rings. The first-order valence-corrected chi connectivity index (χ1v) is 11.4. The molecule has 3 N–H and O–H groups in total. The lowest BCUT2D eigenvalue weighted by Gasteiger charge is -2.40. The van der Waals surface area contributed by atoms with Crippen molar-refractivity contribution in [2.24, 2.45) is 10.7 Å². The number of hydrogen-bond acceptors (Lipinski definition) is 7. The minimum atomic E-state index is -4.45. The topological polar surface area (TPSA) is 102 Å². The number of amides is 1. The molecule has 1 fully saturated rings. The van der Waals surface area contributed by atoms with Gasteiger partial charge in [0.2, 0.25) is 11.8 Å². The van der Waals surface area contributed by atoms with Crippen LogP contribution in [-0.2, 0) is 15.1 Å². The van der Waals surface area contributed by atoms with Crippen molar-refractivity contribution < 1.29 is 27.4 Å². The zero-order chi connectivity index (χ0) is 25.2. The van der Waals surface area contributed by atoms with Gasteiger partial charge >= 0.3 is 6.18 Å². The molecule has 35 heavy (non-hydrogen) atoms. The molecule has 0 radical (unpaired) electrons. The number of halogens is 4. The van der Waals surface area contributed by atoms with E-state index in [-0.39, 0.29) is 30.2 Å². The van der Waals surface area contributed by atoms with E-state index < -0.39 is 18.3 Å². The maximum atomic E-state index is 13.1. The molecular formula is C23H25ClF3N5O3. The largest absolute Gasteiger partial charge is 0.468 e. The monoisotopic (exact) mass is 511 g/mol. The third-order valence-electron chi connectivity index (χ3n) is 5.91. The second-order valence-electron chi connectivity index (χ2n) is 8.61. The lowest BCUT2D eigenvalue weighted by Crippen LogP contribution is -2.55. The van der Waals surface area contributed by atoms with Crippen LogP contribution in [-0.4, -0.2) is 53.8 Å². The van der Waals surface area contributed by atoms with Crippen molar-refractivity contribution in [2.75, 3.05) is 25.1 Å². The Balaban J connectivity index is 1.53. The molecule has 2 aliphatic rings. The minimum Gasteiger partial charge on any atom is -0.468 e. The Morgan fingerprint density at radius 2 is 2.03 bits per heavy atom. The fourth-order valence-electron chi connectivity index (χ4n) is 4.24.